The van der Waals surface area contributed by atoms with Crippen LogP contribution in [0.15, 0.2) is 30.3 Å². The first-order chi connectivity index (χ1) is 8.77. The molecule has 0 saturated carbocycles. The van der Waals surface area contributed by atoms with E-state index in [2.05, 4.69) is 10.6 Å². The second-order valence-corrected chi connectivity index (χ2v) is 4.75. The molecule has 19 heavy (non-hydrogen) atoms. The van der Waals surface area contributed by atoms with Gasteiger partial charge in [-0.25, -0.2) is 0 Å². The van der Waals surface area contributed by atoms with Gasteiger partial charge in [-0.05, 0) is 37.4 Å². The van der Waals surface area contributed by atoms with Crippen LogP contribution in [0.2, 0.25) is 0 Å². The van der Waals surface area contributed by atoms with Crippen LogP contribution in [0.1, 0.15) is 24.5 Å². The van der Waals surface area contributed by atoms with Crippen molar-refractivity contribution in [3.05, 3.63) is 35.9 Å². The van der Waals surface area contributed by atoms with E-state index in [1.54, 1.807) is 12.1 Å². The standard InChI is InChI=1S/C14H20N2O2.ClH/c17-13(12-4-2-1-3-5-12)14(18)16-9-7-11-6-8-15-10-11;/h1-5,11,13,15,17H,6-10H2,(H,16,18);1H. The molecule has 4 nitrogen and oxygen atoms in total. The van der Waals surface area contributed by atoms with E-state index in [0.717, 1.165) is 19.5 Å². The van der Waals surface area contributed by atoms with Crippen molar-refractivity contribution in [3.63, 3.8) is 0 Å². The Bertz CT molecular complexity index is 380. The van der Waals surface area contributed by atoms with Gasteiger partial charge in [0.05, 0.1) is 0 Å². The van der Waals surface area contributed by atoms with E-state index in [1.165, 1.54) is 6.42 Å². The minimum absolute atomic E-state index is 0. The zero-order chi connectivity index (χ0) is 12.8. The van der Waals surface area contributed by atoms with Crippen molar-refractivity contribution in [3.8, 4) is 0 Å². The van der Waals surface area contributed by atoms with E-state index in [0.29, 0.717) is 18.0 Å². The molecule has 2 unspecified atom stereocenters. The molecule has 5 heteroatoms. The summed E-state index contributed by atoms with van der Waals surface area (Å²) in [7, 11) is 0. The fourth-order valence-corrected chi connectivity index (χ4v) is 2.24. The quantitative estimate of drug-likeness (QED) is 0.763. The Morgan fingerprint density at radius 3 is 2.79 bits per heavy atom. The number of halogens is 1. The van der Waals surface area contributed by atoms with E-state index < -0.39 is 6.10 Å². The number of hydrogen-bond donors (Lipinski definition) is 3. The van der Waals surface area contributed by atoms with Gasteiger partial charge in [-0.1, -0.05) is 30.3 Å². The summed E-state index contributed by atoms with van der Waals surface area (Å²) in [4.78, 5) is 11.7. The molecule has 0 aromatic heterocycles. The lowest BCUT2D eigenvalue weighted by Gasteiger charge is -2.13. The predicted molar refractivity (Wildman–Crippen MR) is 77.3 cm³/mol. The first kappa shape index (κ1) is 16.0. The molecule has 1 aromatic carbocycles. The Hall–Kier alpha value is -1.10. The number of carbonyl (C=O) groups is 1. The second kappa shape index (κ2) is 8.15. The highest BCUT2D eigenvalue weighted by Crippen LogP contribution is 2.13. The molecule has 0 spiro atoms. The summed E-state index contributed by atoms with van der Waals surface area (Å²) in [5.41, 5.74) is 0.637. The van der Waals surface area contributed by atoms with E-state index >= 15 is 0 Å². The molecule has 1 heterocycles. The average molecular weight is 285 g/mol. The van der Waals surface area contributed by atoms with Crippen molar-refractivity contribution in [2.24, 2.45) is 5.92 Å². The maximum absolute atomic E-state index is 11.7. The number of aliphatic hydroxyl groups excluding tert-OH is 1. The third-order valence-electron chi connectivity index (χ3n) is 3.38. The Labute approximate surface area is 120 Å². The molecule has 1 aliphatic rings. The van der Waals surface area contributed by atoms with Crippen molar-refractivity contribution in [2.75, 3.05) is 19.6 Å². The van der Waals surface area contributed by atoms with Crippen LogP contribution in [0, 0.1) is 5.92 Å². The van der Waals surface area contributed by atoms with Crippen molar-refractivity contribution >= 4 is 18.3 Å². The topological polar surface area (TPSA) is 61.4 Å². The van der Waals surface area contributed by atoms with Gasteiger partial charge in [0.15, 0.2) is 6.10 Å². The van der Waals surface area contributed by atoms with Gasteiger partial charge in [0.25, 0.3) is 5.91 Å². The van der Waals surface area contributed by atoms with Crippen LogP contribution < -0.4 is 10.6 Å². The molecule has 1 fully saturated rings. The summed E-state index contributed by atoms with van der Waals surface area (Å²) in [6, 6.07) is 9.00. The monoisotopic (exact) mass is 284 g/mol. The second-order valence-electron chi connectivity index (χ2n) is 4.75. The number of hydrogen-bond acceptors (Lipinski definition) is 3. The van der Waals surface area contributed by atoms with E-state index in [9.17, 15) is 9.90 Å². The third kappa shape index (κ3) is 4.82. The minimum atomic E-state index is -1.06. The van der Waals surface area contributed by atoms with Crippen molar-refractivity contribution in [1.82, 2.24) is 10.6 Å². The molecule has 1 saturated heterocycles. The fourth-order valence-electron chi connectivity index (χ4n) is 2.24. The largest absolute Gasteiger partial charge is 0.378 e. The zero-order valence-electron chi connectivity index (χ0n) is 10.8. The molecule has 0 radical (unpaired) electrons. The highest BCUT2D eigenvalue weighted by Gasteiger charge is 2.18. The summed E-state index contributed by atoms with van der Waals surface area (Å²) in [6.45, 7) is 2.75. The van der Waals surface area contributed by atoms with Gasteiger partial charge in [-0.2, -0.15) is 0 Å². The molecule has 0 aliphatic carbocycles. The SMILES string of the molecule is Cl.O=C(NCCC1CCNC1)C(O)c1ccccc1. The normalized spacial score (nSPS) is 19.5. The minimum Gasteiger partial charge on any atom is -0.378 e. The summed E-state index contributed by atoms with van der Waals surface area (Å²) < 4.78 is 0. The summed E-state index contributed by atoms with van der Waals surface area (Å²) in [6.07, 6.45) is 1.09. The molecule has 106 valence electrons. The average Bonchev–Trinajstić information content (AvgIpc) is 2.92. The van der Waals surface area contributed by atoms with Crippen molar-refractivity contribution in [1.29, 1.82) is 0 Å². The lowest BCUT2D eigenvalue weighted by Crippen LogP contribution is -2.31. The molecule has 1 aromatic rings. The van der Waals surface area contributed by atoms with Gasteiger partial charge >= 0.3 is 0 Å². The zero-order valence-corrected chi connectivity index (χ0v) is 11.7. The Morgan fingerprint density at radius 2 is 2.16 bits per heavy atom. The number of amides is 1. The maximum atomic E-state index is 11.7. The van der Waals surface area contributed by atoms with E-state index in [1.807, 2.05) is 18.2 Å². The molecule has 2 rings (SSSR count). The van der Waals surface area contributed by atoms with E-state index in [-0.39, 0.29) is 18.3 Å². The maximum Gasteiger partial charge on any atom is 0.253 e. The van der Waals surface area contributed by atoms with Gasteiger partial charge in [0, 0.05) is 6.54 Å². The van der Waals surface area contributed by atoms with Crippen LogP contribution in [0.25, 0.3) is 0 Å². The Kier molecular flexibility index (Phi) is 6.84. The summed E-state index contributed by atoms with van der Waals surface area (Å²) in [5.74, 6) is 0.339. The van der Waals surface area contributed by atoms with Gasteiger partial charge in [-0.3, -0.25) is 4.79 Å². The number of rotatable bonds is 5. The smallest absolute Gasteiger partial charge is 0.253 e. The van der Waals surface area contributed by atoms with Crippen LogP contribution >= 0.6 is 12.4 Å². The van der Waals surface area contributed by atoms with Gasteiger partial charge < -0.3 is 15.7 Å². The first-order valence-electron chi connectivity index (χ1n) is 6.49. The highest BCUT2D eigenvalue weighted by molar-refractivity contribution is 5.85. The third-order valence-corrected chi connectivity index (χ3v) is 3.38. The Morgan fingerprint density at radius 1 is 1.42 bits per heavy atom. The molecule has 3 N–H and O–H groups in total. The van der Waals surface area contributed by atoms with Gasteiger partial charge in [0.2, 0.25) is 0 Å². The molecular weight excluding hydrogens is 264 g/mol. The molecular formula is C14H21ClN2O2. The number of nitrogens with one attached hydrogen (secondary N) is 2. The van der Waals surface area contributed by atoms with Crippen LogP contribution in [0.5, 0.6) is 0 Å². The number of benzene rings is 1. The van der Waals surface area contributed by atoms with Gasteiger partial charge in [-0.15, -0.1) is 12.4 Å². The Balaban J connectivity index is 0.00000180. The van der Waals surface area contributed by atoms with Crippen molar-refractivity contribution < 1.29 is 9.90 Å². The molecule has 1 amide bonds. The summed E-state index contributed by atoms with van der Waals surface area (Å²) >= 11 is 0. The van der Waals surface area contributed by atoms with Crippen LogP contribution in [-0.2, 0) is 4.79 Å². The summed E-state index contributed by atoms with van der Waals surface area (Å²) in [5, 5.41) is 15.9. The predicted octanol–water partition coefficient (Wildman–Crippen LogP) is 1.26. The van der Waals surface area contributed by atoms with Gasteiger partial charge in [0.1, 0.15) is 0 Å². The highest BCUT2D eigenvalue weighted by atomic mass is 35.5. The number of carbonyl (C=O) groups excluding carboxylic acids is 1. The van der Waals surface area contributed by atoms with Crippen LogP contribution in [-0.4, -0.2) is 30.6 Å². The molecule has 1 aliphatic heterocycles. The van der Waals surface area contributed by atoms with Crippen LogP contribution in [0.4, 0.5) is 0 Å². The lowest BCUT2D eigenvalue weighted by molar-refractivity contribution is -0.129. The lowest BCUT2D eigenvalue weighted by atomic mass is 10.0. The van der Waals surface area contributed by atoms with Crippen LogP contribution in [0.3, 0.4) is 0 Å². The molecule has 2 atom stereocenters. The fraction of sp³-hybridized carbons (Fsp3) is 0.500. The first-order valence-corrected chi connectivity index (χ1v) is 6.49. The van der Waals surface area contributed by atoms with E-state index in [4.69, 9.17) is 0 Å². The molecule has 0 bridgehead atoms. The number of aliphatic hydroxyl groups is 1. The van der Waals surface area contributed by atoms with Crippen molar-refractivity contribution in [2.45, 2.75) is 18.9 Å².